The van der Waals surface area contributed by atoms with Gasteiger partial charge < -0.3 is 14.2 Å². The van der Waals surface area contributed by atoms with Gasteiger partial charge in [0, 0.05) is 6.54 Å². The van der Waals surface area contributed by atoms with Gasteiger partial charge in [-0.1, -0.05) is 6.92 Å². The van der Waals surface area contributed by atoms with Gasteiger partial charge in [0.1, 0.15) is 12.0 Å². The van der Waals surface area contributed by atoms with Crippen LogP contribution in [0.1, 0.15) is 18.4 Å². The molecule has 4 nitrogen and oxygen atoms in total. The van der Waals surface area contributed by atoms with Crippen LogP contribution in [-0.4, -0.2) is 11.5 Å². The molecule has 2 rings (SSSR count). The van der Waals surface area contributed by atoms with Crippen molar-refractivity contribution in [1.82, 2.24) is 10.3 Å². The minimum atomic E-state index is 0.620. The Hall–Kier alpha value is -1.55. The summed E-state index contributed by atoms with van der Waals surface area (Å²) in [6.07, 6.45) is 3.31. The van der Waals surface area contributed by atoms with E-state index in [0.717, 1.165) is 30.1 Å². The van der Waals surface area contributed by atoms with Crippen molar-refractivity contribution in [3.8, 4) is 11.5 Å². The Kier molecular flexibility index (Phi) is 2.87. The Morgan fingerprint density at radius 1 is 1.40 bits per heavy atom. The molecule has 0 aliphatic heterocycles. The molecule has 4 heteroatoms. The Bertz CT molecular complexity index is 431. The van der Waals surface area contributed by atoms with Gasteiger partial charge in [0.25, 0.3) is 0 Å². The minimum Gasteiger partial charge on any atom is -0.469 e. The number of nitrogens with zero attached hydrogens (tertiary/aromatic N) is 1. The van der Waals surface area contributed by atoms with E-state index in [1.54, 1.807) is 12.5 Å². The predicted molar refractivity (Wildman–Crippen MR) is 56.3 cm³/mol. The monoisotopic (exact) mass is 206 g/mol. The maximum Gasteiger partial charge on any atom is 0.229 e. The van der Waals surface area contributed by atoms with Gasteiger partial charge in [-0.05, 0) is 19.5 Å². The van der Waals surface area contributed by atoms with Crippen LogP contribution < -0.4 is 5.32 Å². The van der Waals surface area contributed by atoms with Crippen molar-refractivity contribution < 1.29 is 8.83 Å². The number of nitrogens with one attached hydrogen (secondary N) is 1. The van der Waals surface area contributed by atoms with Crippen molar-refractivity contribution >= 4 is 0 Å². The number of oxazole rings is 1. The lowest BCUT2D eigenvalue weighted by atomic mass is 10.2. The van der Waals surface area contributed by atoms with Gasteiger partial charge in [-0.3, -0.25) is 0 Å². The molecule has 0 fully saturated rings. The van der Waals surface area contributed by atoms with Crippen LogP contribution in [0.4, 0.5) is 0 Å². The standard InChI is InChI=1S/C11H14N2O2/c1-3-12-6-9-7-15-11(13-9)10-4-5-14-8(10)2/h4-5,7,12H,3,6H2,1-2H3. The summed E-state index contributed by atoms with van der Waals surface area (Å²) in [4.78, 5) is 4.36. The van der Waals surface area contributed by atoms with Crippen molar-refractivity contribution in [3.63, 3.8) is 0 Å². The second-order valence-corrected chi connectivity index (χ2v) is 3.31. The molecule has 2 aromatic heterocycles. The van der Waals surface area contributed by atoms with E-state index in [-0.39, 0.29) is 0 Å². The number of aryl methyl sites for hydroxylation is 1. The van der Waals surface area contributed by atoms with Crippen molar-refractivity contribution in [2.24, 2.45) is 0 Å². The van der Waals surface area contributed by atoms with E-state index < -0.39 is 0 Å². The van der Waals surface area contributed by atoms with Crippen LogP contribution in [0.2, 0.25) is 0 Å². The lowest BCUT2D eigenvalue weighted by molar-refractivity contribution is 0.529. The average Bonchev–Trinajstić information content (AvgIpc) is 2.83. The van der Waals surface area contributed by atoms with Crippen molar-refractivity contribution in [2.45, 2.75) is 20.4 Å². The summed E-state index contributed by atoms with van der Waals surface area (Å²) in [6, 6.07) is 1.86. The zero-order chi connectivity index (χ0) is 10.7. The van der Waals surface area contributed by atoms with Gasteiger partial charge in [0.2, 0.25) is 5.89 Å². The third-order valence-electron chi connectivity index (χ3n) is 2.20. The van der Waals surface area contributed by atoms with E-state index in [1.165, 1.54) is 0 Å². The molecule has 0 bridgehead atoms. The van der Waals surface area contributed by atoms with Crippen LogP contribution in [0, 0.1) is 6.92 Å². The molecule has 0 saturated heterocycles. The maximum atomic E-state index is 5.38. The number of rotatable bonds is 4. The van der Waals surface area contributed by atoms with Gasteiger partial charge >= 0.3 is 0 Å². The highest BCUT2D eigenvalue weighted by Gasteiger charge is 2.10. The first-order valence-electron chi connectivity index (χ1n) is 5.01. The number of furan rings is 1. The smallest absolute Gasteiger partial charge is 0.229 e. The first-order valence-corrected chi connectivity index (χ1v) is 5.01. The summed E-state index contributed by atoms with van der Waals surface area (Å²) < 4.78 is 10.6. The summed E-state index contributed by atoms with van der Waals surface area (Å²) >= 11 is 0. The molecule has 0 amide bonds. The first kappa shape index (κ1) is 9.98. The number of hydrogen-bond acceptors (Lipinski definition) is 4. The molecule has 0 radical (unpaired) electrons. The Morgan fingerprint density at radius 2 is 2.27 bits per heavy atom. The van der Waals surface area contributed by atoms with Crippen LogP contribution >= 0.6 is 0 Å². The molecule has 2 aromatic rings. The molecule has 0 saturated carbocycles. The topological polar surface area (TPSA) is 51.2 Å². The van der Waals surface area contributed by atoms with E-state index in [2.05, 4.69) is 17.2 Å². The molecule has 0 atom stereocenters. The SMILES string of the molecule is CCNCc1coc(-c2ccoc2C)n1. The quantitative estimate of drug-likeness (QED) is 0.834. The maximum absolute atomic E-state index is 5.38. The molecule has 0 aliphatic rings. The first-order chi connectivity index (χ1) is 7.31. The van der Waals surface area contributed by atoms with Gasteiger partial charge in [0.15, 0.2) is 0 Å². The van der Waals surface area contributed by atoms with Gasteiger partial charge in [0.05, 0.1) is 17.5 Å². The molecule has 0 spiro atoms. The normalized spacial score (nSPS) is 10.8. The average molecular weight is 206 g/mol. The summed E-state index contributed by atoms with van der Waals surface area (Å²) in [7, 11) is 0. The van der Waals surface area contributed by atoms with Crippen LogP contribution in [0.15, 0.2) is 27.4 Å². The minimum absolute atomic E-state index is 0.620. The predicted octanol–water partition coefficient (Wildman–Crippen LogP) is 2.35. The fraction of sp³-hybridized carbons (Fsp3) is 0.364. The van der Waals surface area contributed by atoms with Crippen molar-refractivity contribution in [1.29, 1.82) is 0 Å². The fourth-order valence-electron chi connectivity index (χ4n) is 1.37. The van der Waals surface area contributed by atoms with E-state index in [9.17, 15) is 0 Å². The van der Waals surface area contributed by atoms with Crippen molar-refractivity contribution in [3.05, 3.63) is 30.0 Å². The molecule has 80 valence electrons. The molecule has 0 aliphatic carbocycles. The lowest BCUT2D eigenvalue weighted by Gasteiger charge is -1.94. The second kappa shape index (κ2) is 4.31. The van der Waals surface area contributed by atoms with Gasteiger partial charge in [-0.15, -0.1) is 0 Å². The molecule has 0 unspecified atom stereocenters. The second-order valence-electron chi connectivity index (χ2n) is 3.31. The van der Waals surface area contributed by atoms with Crippen LogP contribution in [0.25, 0.3) is 11.5 Å². The molecule has 15 heavy (non-hydrogen) atoms. The van der Waals surface area contributed by atoms with E-state index in [4.69, 9.17) is 8.83 Å². The molecular formula is C11H14N2O2. The molecule has 2 heterocycles. The highest BCUT2D eigenvalue weighted by molar-refractivity contribution is 5.55. The van der Waals surface area contributed by atoms with Crippen LogP contribution in [-0.2, 0) is 6.54 Å². The summed E-state index contributed by atoms with van der Waals surface area (Å²) in [5.41, 5.74) is 1.82. The number of hydrogen-bond donors (Lipinski definition) is 1. The third kappa shape index (κ3) is 2.10. The zero-order valence-electron chi connectivity index (χ0n) is 8.91. The highest BCUT2D eigenvalue weighted by atomic mass is 16.4. The van der Waals surface area contributed by atoms with Crippen molar-refractivity contribution in [2.75, 3.05) is 6.54 Å². The highest BCUT2D eigenvalue weighted by Crippen LogP contribution is 2.23. The van der Waals surface area contributed by atoms with Crippen LogP contribution in [0.3, 0.4) is 0 Å². The summed E-state index contributed by atoms with van der Waals surface area (Å²) in [5.74, 6) is 1.45. The molecule has 0 aromatic carbocycles. The fourth-order valence-corrected chi connectivity index (χ4v) is 1.37. The van der Waals surface area contributed by atoms with E-state index >= 15 is 0 Å². The Morgan fingerprint density at radius 3 is 2.93 bits per heavy atom. The third-order valence-corrected chi connectivity index (χ3v) is 2.20. The van der Waals surface area contributed by atoms with E-state index in [1.807, 2.05) is 13.0 Å². The van der Waals surface area contributed by atoms with E-state index in [0.29, 0.717) is 5.89 Å². The summed E-state index contributed by atoms with van der Waals surface area (Å²) in [6.45, 7) is 5.61. The largest absolute Gasteiger partial charge is 0.469 e. The molecule has 1 N–H and O–H groups in total. The lowest BCUT2D eigenvalue weighted by Crippen LogP contribution is -2.11. The Labute approximate surface area is 88.3 Å². The Balaban J connectivity index is 2.17. The zero-order valence-corrected chi connectivity index (χ0v) is 8.91. The molecular weight excluding hydrogens is 192 g/mol. The van der Waals surface area contributed by atoms with Crippen LogP contribution in [0.5, 0.6) is 0 Å². The summed E-state index contributed by atoms with van der Waals surface area (Å²) in [5, 5.41) is 3.19. The number of aromatic nitrogens is 1. The van der Waals surface area contributed by atoms with Gasteiger partial charge in [-0.2, -0.15) is 0 Å². The van der Waals surface area contributed by atoms with Gasteiger partial charge in [-0.25, -0.2) is 4.98 Å².